The molecular formula is C23H30ClFN4O4. The molecule has 2 N–H and O–H groups in total. The first-order valence-electron chi connectivity index (χ1n) is 11.6. The van der Waals surface area contributed by atoms with E-state index >= 15 is 0 Å². The molecule has 1 saturated carbocycles. The van der Waals surface area contributed by atoms with Crippen LogP contribution in [0.2, 0.25) is 5.02 Å². The number of rotatable bonds is 4. The van der Waals surface area contributed by atoms with Crippen LogP contribution in [0, 0.1) is 11.2 Å². The summed E-state index contributed by atoms with van der Waals surface area (Å²) in [6.45, 7) is 4.90. The third-order valence-electron chi connectivity index (χ3n) is 7.78. The Bertz CT molecular complexity index is 945. The first-order valence-corrected chi connectivity index (χ1v) is 12.0. The molecule has 5 rings (SSSR count). The van der Waals surface area contributed by atoms with Crippen LogP contribution in [0.5, 0.6) is 0 Å². The first-order chi connectivity index (χ1) is 15.8. The lowest BCUT2D eigenvalue weighted by molar-refractivity contribution is -0.150. The number of nitrogens with one attached hydrogen (secondary N) is 1. The molecule has 4 atom stereocenters. The van der Waals surface area contributed by atoms with Gasteiger partial charge in [-0.2, -0.15) is 0 Å². The molecule has 3 aliphatic heterocycles. The van der Waals surface area contributed by atoms with Crippen LogP contribution in [-0.2, 0) is 9.53 Å². The monoisotopic (exact) mass is 480 g/mol. The summed E-state index contributed by atoms with van der Waals surface area (Å²) >= 11 is 5.80. The number of halogens is 2. The van der Waals surface area contributed by atoms with E-state index in [1.165, 1.54) is 23.1 Å². The lowest BCUT2D eigenvalue weighted by atomic mass is 9.90. The van der Waals surface area contributed by atoms with Gasteiger partial charge < -0.3 is 29.9 Å². The van der Waals surface area contributed by atoms with Crippen molar-refractivity contribution in [2.24, 2.45) is 5.41 Å². The quantitative estimate of drug-likeness (QED) is 0.691. The van der Waals surface area contributed by atoms with Crippen molar-refractivity contribution in [2.75, 3.05) is 38.1 Å². The molecule has 0 bridgehead atoms. The normalized spacial score (nSPS) is 31.1. The van der Waals surface area contributed by atoms with Crippen LogP contribution in [0.25, 0.3) is 0 Å². The van der Waals surface area contributed by atoms with Gasteiger partial charge in [-0.25, -0.2) is 9.18 Å². The number of amides is 3. The van der Waals surface area contributed by atoms with Crippen molar-refractivity contribution < 1.29 is 23.8 Å². The number of nitrogens with zero attached hydrogens (tertiary/aromatic N) is 3. The molecule has 0 aromatic heterocycles. The molecule has 3 saturated heterocycles. The van der Waals surface area contributed by atoms with Crippen LogP contribution in [0.1, 0.15) is 32.6 Å². The summed E-state index contributed by atoms with van der Waals surface area (Å²) in [6, 6.07) is 2.80. The highest BCUT2D eigenvalue weighted by Gasteiger charge is 2.51. The molecule has 33 heavy (non-hydrogen) atoms. The van der Waals surface area contributed by atoms with Gasteiger partial charge in [0.1, 0.15) is 11.9 Å². The van der Waals surface area contributed by atoms with E-state index in [9.17, 15) is 19.1 Å². The van der Waals surface area contributed by atoms with Crippen LogP contribution in [0.15, 0.2) is 18.2 Å². The van der Waals surface area contributed by atoms with Gasteiger partial charge in [-0.15, -0.1) is 0 Å². The number of anilines is 1. The lowest BCUT2D eigenvalue weighted by Crippen LogP contribution is -2.63. The minimum Gasteiger partial charge on any atom is -0.391 e. The summed E-state index contributed by atoms with van der Waals surface area (Å²) in [5, 5.41) is 13.0. The Morgan fingerprint density at radius 1 is 1.33 bits per heavy atom. The van der Waals surface area contributed by atoms with Gasteiger partial charge in [-0.3, -0.25) is 4.79 Å². The minimum atomic E-state index is -0.645. The molecule has 1 aromatic rings. The van der Waals surface area contributed by atoms with E-state index in [1.54, 1.807) is 11.8 Å². The smallest absolute Gasteiger partial charge is 0.322 e. The lowest BCUT2D eigenvalue weighted by Gasteiger charge is -2.42. The topological polar surface area (TPSA) is 85.4 Å². The Hall–Kier alpha value is -1.94. The third kappa shape index (κ3) is 4.32. The van der Waals surface area contributed by atoms with Crippen LogP contribution in [-0.4, -0.2) is 88.9 Å². The minimum absolute atomic E-state index is 0.0416. The summed E-state index contributed by atoms with van der Waals surface area (Å²) in [5.41, 5.74) is 0.537. The van der Waals surface area contributed by atoms with Gasteiger partial charge in [-0.1, -0.05) is 11.6 Å². The average molecular weight is 481 g/mol. The number of aliphatic hydroxyl groups is 1. The molecule has 4 aliphatic rings. The number of fused-ring (bicyclic) bond motifs is 1. The van der Waals surface area contributed by atoms with Crippen LogP contribution in [0.4, 0.5) is 14.9 Å². The van der Waals surface area contributed by atoms with E-state index in [1.807, 2.05) is 0 Å². The average Bonchev–Trinajstić information content (AvgIpc) is 3.46. The first kappa shape index (κ1) is 22.8. The largest absolute Gasteiger partial charge is 0.391 e. The number of ether oxygens (including phenoxy) is 1. The van der Waals surface area contributed by atoms with Crippen molar-refractivity contribution in [3.63, 3.8) is 0 Å². The highest BCUT2D eigenvalue weighted by Crippen LogP contribution is 2.53. The third-order valence-corrected chi connectivity index (χ3v) is 8.07. The number of benzene rings is 1. The van der Waals surface area contributed by atoms with Crippen molar-refractivity contribution >= 4 is 29.2 Å². The summed E-state index contributed by atoms with van der Waals surface area (Å²) < 4.78 is 19.3. The number of piperazine rings is 1. The molecule has 3 amide bonds. The summed E-state index contributed by atoms with van der Waals surface area (Å²) in [4.78, 5) is 31.5. The Morgan fingerprint density at radius 3 is 2.82 bits per heavy atom. The van der Waals surface area contributed by atoms with Crippen molar-refractivity contribution in [1.29, 1.82) is 0 Å². The van der Waals surface area contributed by atoms with Crippen molar-refractivity contribution in [1.82, 2.24) is 14.7 Å². The second-order valence-corrected chi connectivity index (χ2v) is 10.2. The van der Waals surface area contributed by atoms with Crippen molar-refractivity contribution in [2.45, 2.75) is 57.0 Å². The van der Waals surface area contributed by atoms with Gasteiger partial charge in [0.25, 0.3) is 0 Å². The molecule has 1 aromatic carbocycles. The zero-order valence-electron chi connectivity index (χ0n) is 18.7. The number of carbonyl (C=O) groups is 2. The van der Waals surface area contributed by atoms with E-state index < -0.39 is 24.1 Å². The molecule has 180 valence electrons. The highest BCUT2D eigenvalue weighted by atomic mass is 35.5. The van der Waals surface area contributed by atoms with Gasteiger partial charge in [-0.05, 0) is 62.8 Å². The molecule has 8 nitrogen and oxygen atoms in total. The number of urea groups is 1. The number of carbonyl (C=O) groups excluding carboxylic acids is 2. The predicted molar refractivity (Wildman–Crippen MR) is 120 cm³/mol. The maximum Gasteiger partial charge on any atom is 0.322 e. The Morgan fingerprint density at radius 2 is 2.12 bits per heavy atom. The van der Waals surface area contributed by atoms with Crippen LogP contribution in [0.3, 0.4) is 0 Å². The van der Waals surface area contributed by atoms with E-state index in [4.69, 9.17) is 16.3 Å². The highest BCUT2D eigenvalue weighted by molar-refractivity contribution is 6.31. The van der Waals surface area contributed by atoms with Crippen molar-refractivity contribution in [3.05, 3.63) is 29.0 Å². The molecule has 0 radical (unpaired) electrons. The van der Waals surface area contributed by atoms with Gasteiger partial charge in [0.05, 0.1) is 30.3 Å². The summed E-state index contributed by atoms with van der Waals surface area (Å²) in [5.74, 6) is -0.708. The fraction of sp³-hybridized carbons (Fsp3) is 0.652. The summed E-state index contributed by atoms with van der Waals surface area (Å²) in [6.07, 6.45) is 3.36. The maximum atomic E-state index is 13.4. The summed E-state index contributed by atoms with van der Waals surface area (Å²) in [7, 11) is 0. The van der Waals surface area contributed by atoms with Gasteiger partial charge in [0.15, 0.2) is 6.23 Å². The fourth-order valence-electron chi connectivity index (χ4n) is 5.36. The molecule has 10 heteroatoms. The molecule has 1 spiro atoms. The fourth-order valence-corrected chi connectivity index (χ4v) is 5.54. The van der Waals surface area contributed by atoms with E-state index in [-0.39, 0.29) is 35.0 Å². The zero-order valence-corrected chi connectivity index (χ0v) is 19.4. The van der Waals surface area contributed by atoms with Crippen LogP contribution >= 0.6 is 11.6 Å². The number of hydrogen-bond donors (Lipinski definition) is 2. The molecule has 1 aliphatic carbocycles. The Kier molecular flexibility index (Phi) is 6.01. The number of aliphatic hydroxyl groups excluding tert-OH is 1. The second kappa shape index (κ2) is 8.69. The SMILES string of the molecule is C[C@H]1C(=O)N2[C@@H](CCN3CCC4(CC4)[C@H](O)C3)CO[C@H]2CN1C(=O)Nc1ccc(F)c(Cl)c1. The van der Waals surface area contributed by atoms with E-state index in [0.29, 0.717) is 18.8 Å². The van der Waals surface area contributed by atoms with Crippen LogP contribution < -0.4 is 5.32 Å². The van der Waals surface area contributed by atoms with Gasteiger partial charge in [0, 0.05) is 18.8 Å². The maximum absolute atomic E-state index is 13.4. The zero-order chi connectivity index (χ0) is 23.3. The number of hydrogen-bond acceptors (Lipinski definition) is 5. The van der Waals surface area contributed by atoms with E-state index in [2.05, 4.69) is 10.2 Å². The predicted octanol–water partition coefficient (Wildman–Crippen LogP) is 2.51. The number of piperidine rings is 1. The number of β-amino-alcohol motifs (C(OH)–C–C–N with tert-alkyl or cyclic N) is 1. The number of likely N-dealkylation sites (tertiary alicyclic amines) is 1. The van der Waals surface area contributed by atoms with Gasteiger partial charge in [0.2, 0.25) is 5.91 Å². The molecule has 0 unspecified atom stereocenters. The van der Waals surface area contributed by atoms with E-state index in [0.717, 1.165) is 38.8 Å². The second-order valence-electron chi connectivity index (χ2n) is 9.79. The van der Waals surface area contributed by atoms with Crippen molar-refractivity contribution in [3.8, 4) is 0 Å². The molecule has 3 heterocycles. The van der Waals surface area contributed by atoms with Gasteiger partial charge >= 0.3 is 6.03 Å². The molecule has 4 fully saturated rings. The Balaban J connectivity index is 1.17. The standard InChI is InChI=1S/C23H30ClFN4O4/c1-14-21(31)29-16(4-8-27-9-7-23(5-6-23)19(30)11-27)13-33-20(29)12-28(14)22(32)26-15-2-3-18(25)17(24)10-15/h2-3,10,14,16,19-20,30H,4-9,11-13H2,1H3,(H,26,32)/t14-,16-,19+,20-/m0/s1. The Labute approximate surface area is 197 Å². The molecular weight excluding hydrogens is 451 g/mol.